The van der Waals surface area contributed by atoms with Crippen LogP contribution >= 0.6 is 15.9 Å². The third-order valence-electron chi connectivity index (χ3n) is 3.48. The van der Waals surface area contributed by atoms with Crippen LogP contribution in [0.3, 0.4) is 0 Å². The highest BCUT2D eigenvalue weighted by Gasteiger charge is 2.20. The van der Waals surface area contributed by atoms with Crippen molar-refractivity contribution in [3.8, 4) is 0 Å². The van der Waals surface area contributed by atoms with Gasteiger partial charge in [0.2, 0.25) is 5.78 Å². The van der Waals surface area contributed by atoms with E-state index in [-0.39, 0.29) is 5.78 Å². The highest BCUT2D eigenvalue weighted by molar-refractivity contribution is 9.10. The Kier molecular flexibility index (Phi) is 3.88. The minimum Gasteiger partial charge on any atom is -0.287 e. The second-order valence-electron chi connectivity index (χ2n) is 4.92. The van der Waals surface area contributed by atoms with Crippen molar-refractivity contribution in [1.29, 1.82) is 0 Å². The SMILES string of the molecule is CCCn1ncc(Br)c1C(=O)c1cccc2ccccc12. The minimum absolute atomic E-state index is 0.00428. The molecule has 0 spiro atoms. The summed E-state index contributed by atoms with van der Waals surface area (Å²) < 4.78 is 2.52. The Labute approximate surface area is 131 Å². The van der Waals surface area contributed by atoms with Crippen LogP contribution in [0.4, 0.5) is 0 Å². The number of benzene rings is 2. The Hall–Kier alpha value is -1.94. The van der Waals surface area contributed by atoms with Crippen molar-refractivity contribution in [2.24, 2.45) is 0 Å². The van der Waals surface area contributed by atoms with Crippen molar-refractivity contribution >= 4 is 32.5 Å². The molecule has 0 unspecified atom stereocenters. The Morgan fingerprint density at radius 1 is 1.19 bits per heavy atom. The topological polar surface area (TPSA) is 34.9 Å². The van der Waals surface area contributed by atoms with Gasteiger partial charge >= 0.3 is 0 Å². The first kappa shape index (κ1) is 14.0. The molecule has 0 radical (unpaired) electrons. The summed E-state index contributed by atoms with van der Waals surface area (Å²) in [5.41, 5.74) is 1.33. The highest BCUT2D eigenvalue weighted by Crippen LogP contribution is 2.25. The molecule has 0 bridgehead atoms. The van der Waals surface area contributed by atoms with Crippen LogP contribution in [-0.2, 0) is 6.54 Å². The van der Waals surface area contributed by atoms with Gasteiger partial charge in [-0.25, -0.2) is 0 Å². The summed E-state index contributed by atoms with van der Waals surface area (Å²) in [7, 11) is 0. The van der Waals surface area contributed by atoms with E-state index >= 15 is 0 Å². The van der Waals surface area contributed by atoms with E-state index < -0.39 is 0 Å². The molecule has 3 rings (SSSR count). The van der Waals surface area contributed by atoms with Gasteiger partial charge in [0.1, 0.15) is 5.69 Å². The number of fused-ring (bicyclic) bond motifs is 1. The van der Waals surface area contributed by atoms with Crippen molar-refractivity contribution in [3.05, 3.63) is 64.4 Å². The van der Waals surface area contributed by atoms with Crippen LogP contribution in [0.2, 0.25) is 0 Å². The zero-order valence-electron chi connectivity index (χ0n) is 11.7. The normalized spacial score (nSPS) is 11.0. The Balaban J connectivity index is 2.15. The number of rotatable bonds is 4. The van der Waals surface area contributed by atoms with E-state index in [1.807, 2.05) is 42.5 Å². The van der Waals surface area contributed by atoms with E-state index in [1.54, 1.807) is 10.9 Å². The average molecular weight is 343 g/mol. The molecule has 0 aliphatic carbocycles. The van der Waals surface area contributed by atoms with E-state index in [9.17, 15) is 4.79 Å². The highest BCUT2D eigenvalue weighted by atomic mass is 79.9. The second-order valence-corrected chi connectivity index (χ2v) is 5.77. The summed E-state index contributed by atoms with van der Waals surface area (Å²) in [5.74, 6) is 0.00428. The average Bonchev–Trinajstić information content (AvgIpc) is 2.87. The molecule has 1 aromatic heterocycles. The zero-order chi connectivity index (χ0) is 14.8. The van der Waals surface area contributed by atoms with Crippen molar-refractivity contribution < 1.29 is 4.79 Å². The molecule has 1 heterocycles. The summed E-state index contributed by atoms with van der Waals surface area (Å²) >= 11 is 3.44. The molecule has 4 heteroatoms. The van der Waals surface area contributed by atoms with Crippen LogP contribution in [0.15, 0.2) is 53.1 Å². The molecule has 2 aromatic carbocycles. The van der Waals surface area contributed by atoms with Gasteiger partial charge in [-0.1, -0.05) is 49.4 Å². The minimum atomic E-state index is 0.00428. The molecule has 0 saturated carbocycles. The number of ketones is 1. The van der Waals surface area contributed by atoms with Gasteiger partial charge in [-0.3, -0.25) is 9.48 Å². The summed E-state index contributed by atoms with van der Waals surface area (Å²) in [5, 5.41) is 6.32. The summed E-state index contributed by atoms with van der Waals surface area (Å²) in [6, 6.07) is 13.8. The Morgan fingerprint density at radius 2 is 1.95 bits per heavy atom. The zero-order valence-corrected chi connectivity index (χ0v) is 13.3. The lowest BCUT2D eigenvalue weighted by Crippen LogP contribution is -2.12. The van der Waals surface area contributed by atoms with Gasteiger partial charge in [-0.05, 0) is 33.1 Å². The van der Waals surface area contributed by atoms with Crippen molar-refractivity contribution in [3.63, 3.8) is 0 Å². The second kappa shape index (κ2) is 5.82. The molecule has 0 N–H and O–H groups in total. The van der Waals surface area contributed by atoms with Crippen LogP contribution in [0.5, 0.6) is 0 Å². The fourth-order valence-corrected chi connectivity index (χ4v) is 3.00. The quantitative estimate of drug-likeness (QED) is 0.657. The molecule has 0 amide bonds. The van der Waals surface area contributed by atoms with Crippen molar-refractivity contribution in [1.82, 2.24) is 9.78 Å². The molecular formula is C17H15BrN2O. The van der Waals surface area contributed by atoms with Crippen molar-refractivity contribution in [2.75, 3.05) is 0 Å². The van der Waals surface area contributed by atoms with E-state index in [4.69, 9.17) is 0 Å². The molecule has 0 fully saturated rings. The monoisotopic (exact) mass is 342 g/mol. The van der Waals surface area contributed by atoms with Gasteiger partial charge < -0.3 is 0 Å². The summed E-state index contributed by atoms with van der Waals surface area (Å²) in [6.07, 6.45) is 2.62. The van der Waals surface area contributed by atoms with Gasteiger partial charge in [-0.15, -0.1) is 0 Å². The number of halogens is 1. The van der Waals surface area contributed by atoms with E-state index in [2.05, 4.69) is 28.0 Å². The van der Waals surface area contributed by atoms with E-state index in [1.165, 1.54) is 0 Å². The number of hydrogen-bond acceptors (Lipinski definition) is 2. The first-order valence-electron chi connectivity index (χ1n) is 6.96. The largest absolute Gasteiger partial charge is 0.287 e. The lowest BCUT2D eigenvalue weighted by atomic mass is 10.00. The molecule has 21 heavy (non-hydrogen) atoms. The number of carbonyl (C=O) groups is 1. The smallest absolute Gasteiger partial charge is 0.212 e. The lowest BCUT2D eigenvalue weighted by molar-refractivity contribution is 0.102. The standard InChI is InChI=1S/C17H15BrN2O/c1-2-10-20-16(15(18)11-19-20)17(21)14-9-5-7-12-6-3-4-8-13(12)14/h3-9,11H,2,10H2,1H3. The molecule has 3 nitrogen and oxygen atoms in total. The number of carbonyl (C=O) groups excluding carboxylic acids is 1. The summed E-state index contributed by atoms with van der Waals surface area (Å²) in [6.45, 7) is 2.80. The predicted molar refractivity (Wildman–Crippen MR) is 87.6 cm³/mol. The molecular weight excluding hydrogens is 328 g/mol. The number of nitrogens with zero attached hydrogens (tertiary/aromatic N) is 2. The van der Waals surface area contributed by atoms with Gasteiger partial charge in [0.05, 0.1) is 10.7 Å². The molecule has 0 saturated heterocycles. The van der Waals surface area contributed by atoms with Crippen molar-refractivity contribution in [2.45, 2.75) is 19.9 Å². The molecule has 0 aliphatic rings. The van der Waals surface area contributed by atoms with Crippen LogP contribution in [0, 0.1) is 0 Å². The first-order valence-corrected chi connectivity index (χ1v) is 7.75. The Morgan fingerprint density at radius 3 is 2.76 bits per heavy atom. The van der Waals surface area contributed by atoms with Gasteiger partial charge in [0.15, 0.2) is 0 Å². The van der Waals surface area contributed by atoms with Gasteiger partial charge in [0, 0.05) is 12.1 Å². The van der Waals surface area contributed by atoms with Crippen LogP contribution in [0.1, 0.15) is 29.4 Å². The van der Waals surface area contributed by atoms with Gasteiger partial charge in [0.25, 0.3) is 0 Å². The molecule has 0 aliphatic heterocycles. The molecule has 106 valence electrons. The predicted octanol–water partition coefficient (Wildman–Crippen LogP) is 4.44. The number of aryl methyl sites for hydroxylation is 1. The molecule has 3 aromatic rings. The maximum absolute atomic E-state index is 12.9. The third kappa shape index (κ3) is 2.51. The van der Waals surface area contributed by atoms with Crippen LogP contribution in [-0.4, -0.2) is 15.6 Å². The fourth-order valence-electron chi connectivity index (χ4n) is 2.52. The molecule has 0 atom stereocenters. The van der Waals surface area contributed by atoms with Crippen LogP contribution in [0.25, 0.3) is 10.8 Å². The van der Waals surface area contributed by atoms with Crippen LogP contribution < -0.4 is 0 Å². The maximum atomic E-state index is 12.9. The lowest BCUT2D eigenvalue weighted by Gasteiger charge is -2.08. The Bertz CT molecular complexity index is 802. The summed E-state index contributed by atoms with van der Waals surface area (Å²) in [4.78, 5) is 12.9. The number of aromatic nitrogens is 2. The van der Waals surface area contributed by atoms with E-state index in [0.717, 1.165) is 28.2 Å². The maximum Gasteiger partial charge on any atom is 0.212 e. The van der Waals surface area contributed by atoms with Gasteiger partial charge in [-0.2, -0.15) is 5.10 Å². The third-order valence-corrected chi connectivity index (χ3v) is 4.06. The first-order chi connectivity index (χ1) is 10.2. The fraction of sp³-hybridized carbons (Fsp3) is 0.176. The number of hydrogen-bond donors (Lipinski definition) is 0. The van der Waals surface area contributed by atoms with E-state index in [0.29, 0.717) is 11.3 Å².